The van der Waals surface area contributed by atoms with Gasteiger partial charge in [0.15, 0.2) is 5.82 Å². The van der Waals surface area contributed by atoms with Crippen molar-refractivity contribution in [2.75, 3.05) is 13.1 Å². The fraction of sp³-hybridized carbons (Fsp3) is 0.667. The van der Waals surface area contributed by atoms with E-state index in [1.807, 2.05) is 4.90 Å². The smallest absolute Gasteiger partial charge is 0.317 e. The lowest BCUT2D eigenvalue weighted by Crippen LogP contribution is -2.44. The van der Waals surface area contributed by atoms with E-state index in [0.29, 0.717) is 12.5 Å². The molecule has 4 heterocycles. The SMILES string of the molecule is CCc1csc(CC2CCN(C(=O)NCc3nnc4n3CCC4)CC2)n1. The number of carbonyl (C=O) groups is 1. The van der Waals surface area contributed by atoms with Crippen molar-refractivity contribution >= 4 is 17.4 Å². The first-order valence-electron chi connectivity index (χ1n) is 9.60. The number of amides is 2. The quantitative estimate of drug-likeness (QED) is 0.872. The average Bonchev–Trinajstić information content (AvgIpc) is 3.38. The van der Waals surface area contributed by atoms with E-state index in [4.69, 9.17) is 0 Å². The molecule has 0 atom stereocenters. The number of nitrogens with one attached hydrogen (secondary N) is 1. The van der Waals surface area contributed by atoms with Gasteiger partial charge in [-0.05, 0) is 31.6 Å². The minimum atomic E-state index is 0.0151. The van der Waals surface area contributed by atoms with E-state index in [1.54, 1.807) is 11.3 Å². The molecule has 0 unspecified atom stereocenters. The number of likely N-dealkylation sites (tertiary alicyclic amines) is 1. The molecule has 140 valence electrons. The van der Waals surface area contributed by atoms with E-state index < -0.39 is 0 Å². The number of piperidine rings is 1. The van der Waals surface area contributed by atoms with Crippen LogP contribution in [0.2, 0.25) is 0 Å². The molecule has 0 bridgehead atoms. The monoisotopic (exact) mass is 374 g/mol. The Labute approximate surface area is 157 Å². The van der Waals surface area contributed by atoms with E-state index in [-0.39, 0.29) is 6.03 Å². The van der Waals surface area contributed by atoms with Crippen LogP contribution in [0, 0.1) is 5.92 Å². The molecule has 0 spiro atoms. The van der Waals surface area contributed by atoms with Crippen LogP contribution >= 0.6 is 11.3 Å². The summed E-state index contributed by atoms with van der Waals surface area (Å²) in [6.45, 7) is 5.21. The maximum absolute atomic E-state index is 12.4. The molecule has 0 aliphatic carbocycles. The van der Waals surface area contributed by atoms with Gasteiger partial charge in [-0.3, -0.25) is 0 Å². The summed E-state index contributed by atoms with van der Waals surface area (Å²) in [5.41, 5.74) is 1.20. The van der Waals surface area contributed by atoms with Gasteiger partial charge < -0.3 is 14.8 Å². The second kappa shape index (κ2) is 7.73. The Morgan fingerprint density at radius 2 is 2.15 bits per heavy atom. The fourth-order valence-electron chi connectivity index (χ4n) is 3.80. The molecule has 2 aliphatic rings. The van der Waals surface area contributed by atoms with Crippen LogP contribution in [0.3, 0.4) is 0 Å². The van der Waals surface area contributed by atoms with E-state index in [0.717, 1.165) is 69.8 Å². The molecule has 2 aromatic rings. The Morgan fingerprint density at radius 1 is 1.31 bits per heavy atom. The van der Waals surface area contributed by atoms with Crippen molar-refractivity contribution in [1.29, 1.82) is 0 Å². The van der Waals surface area contributed by atoms with Gasteiger partial charge in [0.25, 0.3) is 0 Å². The second-order valence-electron chi connectivity index (χ2n) is 7.17. The zero-order valence-electron chi connectivity index (χ0n) is 15.3. The molecule has 2 aromatic heterocycles. The highest BCUT2D eigenvalue weighted by Gasteiger charge is 2.24. The second-order valence-corrected chi connectivity index (χ2v) is 8.11. The summed E-state index contributed by atoms with van der Waals surface area (Å²) in [4.78, 5) is 19.0. The van der Waals surface area contributed by atoms with Gasteiger partial charge in [-0.15, -0.1) is 21.5 Å². The van der Waals surface area contributed by atoms with Crippen LogP contribution in [-0.2, 0) is 32.4 Å². The highest BCUT2D eigenvalue weighted by atomic mass is 32.1. The van der Waals surface area contributed by atoms with Crippen molar-refractivity contribution in [3.63, 3.8) is 0 Å². The summed E-state index contributed by atoms with van der Waals surface area (Å²) >= 11 is 1.77. The van der Waals surface area contributed by atoms with Crippen molar-refractivity contribution in [3.8, 4) is 0 Å². The summed E-state index contributed by atoms with van der Waals surface area (Å²) in [6, 6.07) is 0.0151. The molecule has 4 rings (SSSR count). The Balaban J connectivity index is 1.23. The number of thiazole rings is 1. The maximum atomic E-state index is 12.4. The number of fused-ring (bicyclic) bond motifs is 1. The molecular weight excluding hydrogens is 348 g/mol. The molecule has 2 amide bonds. The highest BCUT2D eigenvalue weighted by Crippen LogP contribution is 2.23. The molecule has 26 heavy (non-hydrogen) atoms. The van der Waals surface area contributed by atoms with Gasteiger partial charge in [-0.1, -0.05) is 6.92 Å². The third-order valence-corrected chi connectivity index (χ3v) is 6.33. The largest absolute Gasteiger partial charge is 0.331 e. The Kier molecular flexibility index (Phi) is 5.19. The topological polar surface area (TPSA) is 75.9 Å². The number of nitrogens with zero attached hydrogens (tertiary/aromatic N) is 5. The number of aryl methyl sites for hydroxylation is 2. The zero-order chi connectivity index (χ0) is 17.9. The first kappa shape index (κ1) is 17.5. The van der Waals surface area contributed by atoms with Gasteiger partial charge in [-0.2, -0.15) is 0 Å². The van der Waals surface area contributed by atoms with Crippen molar-refractivity contribution < 1.29 is 4.79 Å². The van der Waals surface area contributed by atoms with Gasteiger partial charge in [-0.25, -0.2) is 9.78 Å². The number of carbonyl (C=O) groups excluding carboxylic acids is 1. The van der Waals surface area contributed by atoms with Gasteiger partial charge in [0.2, 0.25) is 0 Å². The molecular formula is C18H26N6OS. The highest BCUT2D eigenvalue weighted by molar-refractivity contribution is 7.09. The lowest BCUT2D eigenvalue weighted by atomic mass is 9.94. The van der Waals surface area contributed by atoms with Crippen LogP contribution in [0.4, 0.5) is 4.79 Å². The van der Waals surface area contributed by atoms with Crippen molar-refractivity contribution in [2.45, 2.75) is 58.5 Å². The first-order valence-corrected chi connectivity index (χ1v) is 10.5. The number of aromatic nitrogens is 4. The van der Waals surface area contributed by atoms with E-state index >= 15 is 0 Å². The molecule has 7 nitrogen and oxygen atoms in total. The molecule has 0 radical (unpaired) electrons. The number of urea groups is 1. The van der Waals surface area contributed by atoms with E-state index in [2.05, 4.69) is 37.4 Å². The van der Waals surface area contributed by atoms with Crippen LogP contribution in [0.1, 0.15) is 48.5 Å². The van der Waals surface area contributed by atoms with Crippen molar-refractivity contribution in [2.24, 2.45) is 5.92 Å². The summed E-state index contributed by atoms with van der Waals surface area (Å²) in [7, 11) is 0. The zero-order valence-corrected chi connectivity index (χ0v) is 16.1. The minimum absolute atomic E-state index is 0.0151. The predicted molar refractivity (Wildman–Crippen MR) is 100 cm³/mol. The Bertz CT molecular complexity index is 762. The van der Waals surface area contributed by atoms with Crippen LogP contribution in [0.25, 0.3) is 0 Å². The summed E-state index contributed by atoms with van der Waals surface area (Å²) in [5.74, 6) is 2.55. The number of rotatable bonds is 5. The van der Waals surface area contributed by atoms with Crippen molar-refractivity contribution in [1.82, 2.24) is 30.0 Å². The van der Waals surface area contributed by atoms with Crippen LogP contribution < -0.4 is 5.32 Å². The summed E-state index contributed by atoms with van der Waals surface area (Å²) in [6.07, 6.45) is 6.27. The fourth-order valence-corrected chi connectivity index (χ4v) is 4.79. The van der Waals surface area contributed by atoms with Crippen LogP contribution in [0.15, 0.2) is 5.38 Å². The van der Waals surface area contributed by atoms with E-state index in [1.165, 1.54) is 10.7 Å². The lowest BCUT2D eigenvalue weighted by Gasteiger charge is -2.31. The molecule has 0 aromatic carbocycles. The normalized spacial score (nSPS) is 17.5. The number of hydrogen-bond donors (Lipinski definition) is 1. The van der Waals surface area contributed by atoms with Gasteiger partial charge >= 0.3 is 6.03 Å². The van der Waals surface area contributed by atoms with Gasteiger partial charge in [0, 0.05) is 37.9 Å². The molecule has 8 heteroatoms. The number of hydrogen-bond acceptors (Lipinski definition) is 5. The Hall–Kier alpha value is -1.96. The van der Waals surface area contributed by atoms with Gasteiger partial charge in [0.1, 0.15) is 5.82 Å². The third kappa shape index (κ3) is 3.75. The van der Waals surface area contributed by atoms with Crippen LogP contribution in [0.5, 0.6) is 0 Å². The first-order chi connectivity index (χ1) is 12.7. The summed E-state index contributed by atoms with van der Waals surface area (Å²) in [5, 5.41) is 14.8. The molecule has 1 saturated heterocycles. The average molecular weight is 375 g/mol. The lowest BCUT2D eigenvalue weighted by molar-refractivity contribution is 0.169. The Morgan fingerprint density at radius 3 is 2.92 bits per heavy atom. The van der Waals surface area contributed by atoms with Crippen molar-refractivity contribution in [3.05, 3.63) is 27.7 Å². The maximum Gasteiger partial charge on any atom is 0.317 e. The molecule has 2 aliphatic heterocycles. The van der Waals surface area contributed by atoms with Crippen LogP contribution in [-0.4, -0.2) is 43.8 Å². The standard InChI is InChI=1S/C18H26N6OS/c1-2-14-12-26-17(20-14)10-13-5-8-23(9-6-13)18(25)19-11-16-22-21-15-4-3-7-24(15)16/h12-13H,2-11H2,1H3,(H,19,25). The van der Waals surface area contributed by atoms with Gasteiger partial charge in [0.05, 0.1) is 17.2 Å². The molecule has 1 fully saturated rings. The van der Waals surface area contributed by atoms with E-state index in [9.17, 15) is 4.79 Å². The summed E-state index contributed by atoms with van der Waals surface area (Å²) < 4.78 is 2.13. The molecule has 1 N–H and O–H groups in total. The predicted octanol–water partition coefficient (Wildman–Crippen LogP) is 2.41. The molecule has 0 saturated carbocycles. The third-order valence-electron chi connectivity index (χ3n) is 5.41. The minimum Gasteiger partial charge on any atom is -0.331 e.